The Bertz CT molecular complexity index is 1220. The maximum atomic E-state index is 13.3. The summed E-state index contributed by atoms with van der Waals surface area (Å²) in [7, 11) is 0. The van der Waals surface area contributed by atoms with Gasteiger partial charge >= 0.3 is 5.97 Å². The smallest absolute Gasteiger partial charge is 0.306 e. The minimum absolute atomic E-state index is 0.0812. The monoisotopic (exact) mass is 906 g/mol. The van der Waals surface area contributed by atoms with Crippen molar-refractivity contribution in [2.75, 3.05) is 13.2 Å². The number of nitrogens with one attached hydrogen (secondary N) is 1. The second kappa shape index (κ2) is 42.0. The number of unbranched alkanes of at least 4 members (excludes halogenated alkanes) is 23. The van der Waals surface area contributed by atoms with E-state index >= 15 is 0 Å². The van der Waals surface area contributed by atoms with E-state index < -0.39 is 67.4 Å². The Kier molecular flexibility index (Phi) is 39.1. The summed E-state index contributed by atoms with van der Waals surface area (Å²) in [6.45, 7) is 5.65. The molecular formula is C53H95NO10. The van der Waals surface area contributed by atoms with Crippen molar-refractivity contribution >= 4 is 11.9 Å². The average molecular weight is 906 g/mol. The van der Waals surface area contributed by atoms with Crippen molar-refractivity contribution in [2.24, 2.45) is 0 Å². The molecule has 1 rings (SSSR count). The van der Waals surface area contributed by atoms with Crippen molar-refractivity contribution in [1.29, 1.82) is 0 Å². The SMILES string of the molecule is CCCC/C=C\CCCCCCCC(=O)OC1C(OCC(NC(=O)C(O)C/C=C/C/C=C\CCCCCCCC)C(O)/C=C/CCCCCCCCCCCC)OC(CO)C(O)C1O. The van der Waals surface area contributed by atoms with Crippen LogP contribution in [0.1, 0.15) is 213 Å². The topological polar surface area (TPSA) is 175 Å². The summed E-state index contributed by atoms with van der Waals surface area (Å²) in [5.74, 6) is -1.28. The minimum Gasteiger partial charge on any atom is -0.454 e. The molecule has 0 radical (unpaired) electrons. The summed E-state index contributed by atoms with van der Waals surface area (Å²) in [4.78, 5) is 26.2. The van der Waals surface area contributed by atoms with E-state index in [2.05, 4.69) is 50.4 Å². The second-order valence-corrected chi connectivity index (χ2v) is 17.9. The predicted molar refractivity (Wildman–Crippen MR) is 260 cm³/mol. The number of aliphatic hydroxyl groups is 5. The van der Waals surface area contributed by atoms with Gasteiger partial charge in [0.1, 0.15) is 24.4 Å². The van der Waals surface area contributed by atoms with Crippen LogP contribution in [0.25, 0.3) is 0 Å². The van der Waals surface area contributed by atoms with Gasteiger partial charge in [0.15, 0.2) is 12.4 Å². The van der Waals surface area contributed by atoms with E-state index in [4.69, 9.17) is 14.2 Å². The van der Waals surface area contributed by atoms with Gasteiger partial charge in [-0.15, -0.1) is 0 Å². The maximum absolute atomic E-state index is 13.3. The molecule has 6 N–H and O–H groups in total. The van der Waals surface area contributed by atoms with Gasteiger partial charge in [-0.3, -0.25) is 9.59 Å². The fourth-order valence-corrected chi connectivity index (χ4v) is 7.73. The number of carbonyl (C=O) groups excluding carboxylic acids is 2. The van der Waals surface area contributed by atoms with Crippen molar-refractivity contribution < 1.29 is 49.3 Å². The highest BCUT2D eigenvalue weighted by Crippen LogP contribution is 2.26. The molecule has 1 fully saturated rings. The van der Waals surface area contributed by atoms with E-state index in [-0.39, 0.29) is 19.4 Å². The fourth-order valence-electron chi connectivity index (χ4n) is 7.73. The number of esters is 1. The van der Waals surface area contributed by atoms with Crippen LogP contribution in [-0.4, -0.2) is 99.6 Å². The van der Waals surface area contributed by atoms with Gasteiger partial charge in [0.2, 0.25) is 5.91 Å². The molecule has 1 saturated heterocycles. The zero-order valence-electron chi connectivity index (χ0n) is 40.6. The number of rotatable bonds is 42. The van der Waals surface area contributed by atoms with Crippen LogP contribution < -0.4 is 5.32 Å². The van der Waals surface area contributed by atoms with E-state index in [0.29, 0.717) is 12.8 Å². The predicted octanol–water partition coefficient (Wildman–Crippen LogP) is 10.5. The molecule has 64 heavy (non-hydrogen) atoms. The van der Waals surface area contributed by atoms with E-state index in [1.165, 1.54) is 103 Å². The van der Waals surface area contributed by atoms with E-state index in [1.807, 2.05) is 12.2 Å². The molecule has 1 amide bonds. The summed E-state index contributed by atoms with van der Waals surface area (Å²) >= 11 is 0. The highest BCUT2D eigenvalue weighted by Gasteiger charge is 2.47. The lowest BCUT2D eigenvalue weighted by molar-refractivity contribution is -0.305. The van der Waals surface area contributed by atoms with Gasteiger partial charge in [0.25, 0.3) is 0 Å². The number of ether oxygens (including phenoxy) is 3. The van der Waals surface area contributed by atoms with Gasteiger partial charge < -0.3 is 45.1 Å². The highest BCUT2D eigenvalue weighted by atomic mass is 16.7. The van der Waals surface area contributed by atoms with Crippen LogP contribution in [0.3, 0.4) is 0 Å². The molecule has 8 unspecified atom stereocenters. The Morgan fingerprint density at radius 1 is 0.609 bits per heavy atom. The first-order chi connectivity index (χ1) is 31.2. The molecule has 372 valence electrons. The average Bonchev–Trinajstić information content (AvgIpc) is 3.29. The highest BCUT2D eigenvalue weighted by molar-refractivity contribution is 5.81. The van der Waals surface area contributed by atoms with E-state index in [1.54, 1.807) is 12.2 Å². The van der Waals surface area contributed by atoms with Crippen LogP contribution in [0.4, 0.5) is 0 Å². The number of aliphatic hydroxyl groups excluding tert-OH is 5. The summed E-state index contributed by atoms with van der Waals surface area (Å²) in [5.41, 5.74) is 0. The van der Waals surface area contributed by atoms with Crippen LogP contribution in [0.5, 0.6) is 0 Å². The molecule has 0 spiro atoms. The van der Waals surface area contributed by atoms with E-state index in [9.17, 15) is 35.1 Å². The molecule has 0 aromatic rings. The van der Waals surface area contributed by atoms with Crippen molar-refractivity contribution in [3.8, 4) is 0 Å². The van der Waals surface area contributed by atoms with Crippen molar-refractivity contribution in [2.45, 2.75) is 262 Å². The minimum atomic E-state index is -1.62. The molecule has 11 heteroatoms. The largest absolute Gasteiger partial charge is 0.454 e. The summed E-state index contributed by atoms with van der Waals surface area (Å²) in [6, 6.07) is -1.05. The first-order valence-electron chi connectivity index (χ1n) is 25.9. The van der Waals surface area contributed by atoms with Crippen LogP contribution in [-0.2, 0) is 23.8 Å². The maximum Gasteiger partial charge on any atom is 0.306 e. The summed E-state index contributed by atoms with van der Waals surface area (Å²) in [6.07, 6.45) is 37.6. The van der Waals surface area contributed by atoms with Crippen LogP contribution in [0.15, 0.2) is 48.6 Å². The Hall–Kier alpha value is -2.38. The molecule has 0 aliphatic carbocycles. The molecule has 11 nitrogen and oxygen atoms in total. The first-order valence-corrected chi connectivity index (χ1v) is 25.9. The third-order valence-electron chi connectivity index (χ3n) is 12.0. The Morgan fingerprint density at radius 2 is 1.09 bits per heavy atom. The zero-order chi connectivity index (χ0) is 46.9. The Balaban J connectivity index is 2.84. The molecule has 1 aliphatic rings. The molecular weight excluding hydrogens is 811 g/mol. The quantitative estimate of drug-likeness (QED) is 0.0196. The van der Waals surface area contributed by atoms with Crippen molar-refractivity contribution in [3.05, 3.63) is 48.6 Å². The number of hydrogen-bond acceptors (Lipinski definition) is 10. The standard InChI is InChI=1S/C53H95NO10/c1-4-7-10-13-16-19-22-25-27-30-33-36-39-45(56)44(54-52(61)46(57)40-37-34-31-28-26-23-20-17-14-11-8-5-2)43-62-53-51(50(60)49(59)47(42-55)63-53)64-48(58)41-38-35-32-29-24-21-18-15-12-9-6-3/h15,18,26,28,34,36-37,39,44-47,49-51,53,55-57,59-60H,4-14,16-17,19-25,27,29-33,35,38,40-43H2,1-3H3,(H,54,61)/b18-15-,28-26-,37-34+,39-36+. The third kappa shape index (κ3) is 30.8. The molecule has 8 atom stereocenters. The third-order valence-corrected chi connectivity index (χ3v) is 12.0. The van der Waals surface area contributed by atoms with Gasteiger partial charge in [-0.25, -0.2) is 0 Å². The molecule has 1 heterocycles. The fraction of sp³-hybridized carbons (Fsp3) is 0.811. The van der Waals surface area contributed by atoms with Crippen molar-refractivity contribution in [1.82, 2.24) is 5.32 Å². The molecule has 0 bridgehead atoms. The van der Waals surface area contributed by atoms with Gasteiger partial charge in [-0.2, -0.15) is 0 Å². The lowest BCUT2D eigenvalue weighted by atomic mass is 9.99. The molecule has 0 aromatic heterocycles. The van der Waals surface area contributed by atoms with Gasteiger partial charge in [-0.1, -0.05) is 191 Å². The summed E-state index contributed by atoms with van der Waals surface area (Å²) in [5, 5.41) is 56.4. The number of amides is 1. The van der Waals surface area contributed by atoms with Gasteiger partial charge in [-0.05, 0) is 57.8 Å². The Morgan fingerprint density at radius 3 is 1.66 bits per heavy atom. The van der Waals surface area contributed by atoms with Gasteiger partial charge in [0.05, 0.1) is 25.4 Å². The Labute approximate surface area is 389 Å². The van der Waals surface area contributed by atoms with E-state index in [0.717, 1.165) is 64.2 Å². The second-order valence-electron chi connectivity index (χ2n) is 17.9. The van der Waals surface area contributed by atoms with Crippen LogP contribution in [0, 0.1) is 0 Å². The van der Waals surface area contributed by atoms with Crippen LogP contribution in [0.2, 0.25) is 0 Å². The number of hydrogen-bond donors (Lipinski definition) is 6. The lowest BCUT2D eigenvalue weighted by Crippen LogP contribution is -2.61. The zero-order valence-corrected chi connectivity index (χ0v) is 40.6. The lowest BCUT2D eigenvalue weighted by Gasteiger charge is -2.41. The molecule has 1 aliphatic heterocycles. The van der Waals surface area contributed by atoms with Crippen LogP contribution >= 0.6 is 0 Å². The molecule has 0 aromatic carbocycles. The normalized spacial score (nSPS) is 20.8. The molecule has 0 saturated carbocycles. The van der Waals surface area contributed by atoms with Gasteiger partial charge in [0, 0.05) is 12.8 Å². The van der Waals surface area contributed by atoms with Crippen molar-refractivity contribution in [3.63, 3.8) is 0 Å². The summed E-state index contributed by atoms with van der Waals surface area (Å²) < 4.78 is 17.4. The number of carbonyl (C=O) groups is 2. The number of allylic oxidation sites excluding steroid dienone is 6. The first kappa shape index (κ1) is 59.6.